The zero-order chi connectivity index (χ0) is 17.9. The van der Waals surface area contributed by atoms with Crippen LogP contribution in [0.1, 0.15) is 22.8 Å². The Bertz CT molecular complexity index is 744. The van der Waals surface area contributed by atoms with Crippen LogP contribution in [0.2, 0.25) is 0 Å². The summed E-state index contributed by atoms with van der Waals surface area (Å²) in [5, 5.41) is 2.70. The molecule has 1 aliphatic heterocycles. The first-order valence-corrected chi connectivity index (χ1v) is 9.04. The summed E-state index contributed by atoms with van der Waals surface area (Å²) in [6.45, 7) is 3.15. The van der Waals surface area contributed by atoms with Crippen LogP contribution in [-0.4, -0.2) is 51.9 Å². The van der Waals surface area contributed by atoms with E-state index in [1.165, 1.54) is 6.92 Å². The second-order valence-corrected chi connectivity index (χ2v) is 7.08. The van der Waals surface area contributed by atoms with E-state index in [2.05, 4.69) is 5.32 Å². The molecule has 2 rings (SSSR count). The van der Waals surface area contributed by atoms with E-state index in [4.69, 9.17) is 13.7 Å². The highest BCUT2D eigenvalue weighted by molar-refractivity contribution is 7.86. The predicted octanol–water partition coefficient (Wildman–Crippen LogP) is 0.394. The Morgan fingerprint density at radius 1 is 1.29 bits per heavy atom. The lowest BCUT2D eigenvalue weighted by atomic mass is 10.1. The fraction of sp³-hybridized carbons (Fsp3) is 0.467. The second-order valence-electron chi connectivity index (χ2n) is 5.48. The Kier molecular flexibility index (Phi) is 5.58. The molecule has 0 bridgehead atoms. The van der Waals surface area contributed by atoms with Gasteiger partial charge in [-0.1, -0.05) is 6.07 Å². The van der Waals surface area contributed by atoms with E-state index in [0.717, 1.165) is 6.26 Å². The van der Waals surface area contributed by atoms with Gasteiger partial charge in [0.05, 0.1) is 25.5 Å². The standard InChI is InChI=1S/C15H19NO7S/c1-9-11(5-4-6-13(9)22-10(2)17)15(18)16-12-7-21-8-14(12)23-24(3,19)20/h4-6,12,14H,7-8H2,1-3H3,(H,16,18)/t12-,14-/m0/s1. The molecule has 132 valence electrons. The molecular weight excluding hydrogens is 338 g/mol. The molecular formula is C15H19NO7S. The summed E-state index contributed by atoms with van der Waals surface area (Å²) < 4.78 is 37.7. The van der Waals surface area contributed by atoms with Gasteiger partial charge in [-0.2, -0.15) is 8.42 Å². The molecule has 1 saturated heterocycles. The minimum Gasteiger partial charge on any atom is -0.426 e. The first-order valence-electron chi connectivity index (χ1n) is 7.22. The molecule has 1 heterocycles. The number of benzene rings is 1. The highest BCUT2D eigenvalue weighted by Gasteiger charge is 2.33. The summed E-state index contributed by atoms with van der Waals surface area (Å²) in [6.07, 6.45) is 0.164. The summed E-state index contributed by atoms with van der Waals surface area (Å²) in [6, 6.07) is 4.17. The number of carbonyl (C=O) groups is 2. The van der Waals surface area contributed by atoms with Gasteiger partial charge in [-0.05, 0) is 19.1 Å². The lowest BCUT2D eigenvalue weighted by Crippen LogP contribution is -2.44. The van der Waals surface area contributed by atoms with Gasteiger partial charge in [0.2, 0.25) is 0 Å². The van der Waals surface area contributed by atoms with E-state index in [1.54, 1.807) is 25.1 Å². The predicted molar refractivity (Wildman–Crippen MR) is 84.3 cm³/mol. The fourth-order valence-electron chi connectivity index (χ4n) is 2.36. The highest BCUT2D eigenvalue weighted by Crippen LogP contribution is 2.22. The lowest BCUT2D eigenvalue weighted by Gasteiger charge is -2.19. The second kappa shape index (κ2) is 7.29. The minimum atomic E-state index is -3.66. The molecule has 1 aromatic rings. The number of carbonyl (C=O) groups excluding carboxylic acids is 2. The molecule has 1 aliphatic rings. The van der Waals surface area contributed by atoms with E-state index in [1.807, 2.05) is 0 Å². The van der Waals surface area contributed by atoms with Gasteiger partial charge >= 0.3 is 5.97 Å². The Hall–Kier alpha value is -1.97. The topological polar surface area (TPSA) is 108 Å². The van der Waals surface area contributed by atoms with Crippen LogP contribution in [0.5, 0.6) is 5.75 Å². The van der Waals surface area contributed by atoms with E-state index in [0.29, 0.717) is 16.9 Å². The van der Waals surface area contributed by atoms with Crippen LogP contribution in [0.3, 0.4) is 0 Å². The normalized spacial score (nSPS) is 20.6. The Balaban J connectivity index is 2.13. The lowest BCUT2D eigenvalue weighted by molar-refractivity contribution is -0.131. The SMILES string of the molecule is CC(=O)Oc1cccc(C(=O)N[C@H]2COC[C@@H]2OS(C)(=O)=O)c1C. The van der Waals surface area contributed by atoms with Crippen LogP contribution >= 0.6 is 0 Å². The minimum absolute atomic E-state index is 0.0739. The first-order chi connectivity index (χ1) is 11.2. The average molecular weight is 357 g/mol. The van der Waals surface area contributed by atoms with Gasteiger partial charge in [-0.25, -0.2) is 0 Å². The molecule has 1 fully saturated rings. The molecule has 1 aromatic carbocycles. The fourth-order valence-corrected chi connectivity index (χ4v) is 3.00. The van der Waals surface area contributed by atoms with Crippen molar-refractivity contribution >= 4 is 22.0 Å². The third-order valence-electron chi connectivity index (χ3n) is 3.43. The molecule has 0 aliphatic carbocycles. The van der Waals surface area contributed by atoms with Gasteiger partial charge in [0.15, 0.2) is 0 Å². The van der Waals surface area contributed by atoms with Crippen LogP contribution in [-0.2, 0) is 23.8 Å². The van der Waals surface area contributed by atoms with Gasteiger partial charge in [0, 0.05) is 18.1 Å². The number of ether oxygens (including phenoxy) is 2. The van der Waals surface area contributed by atoms with Crippen molar-refractivity contribution in [2.45, 2.75) is 26.0 Å². The first kappa shape index (κ1) is 18.4. The van der Waals surface area contributed by atoms with Crippen molar-refractivity contribution in [3.8, 4) is 5.75 Å². The Morgan fingerprint density at radius 3 is 2.62 bits per heavy atom. The van der Waals surface area contributed by atoms with Crippen molar-refractivity contribution in [3.05, 3.63) is 29.3 Å². The van der Waals surface area contributed by atoms with Gasteiger partial charge in [0.25, 0.3) is 16.0 Å². The molecule has 1 amide bonds. The van der Waals surface area contributed by atoms with Crippen LogP contribution in [0.15, 0.2) is 18.2 Å². The molecule has 0 spiro atoms. The molecule has 0 aromatic heterocycles. The molecule has 8 nitrogen and oxygen atoms in total. The van der Waals surface area contributed by atoms with Gasteiger partial charge < -0.3 is 14.8 Å². The van der Waals surface area contributed by atoms with E-state index in [-0.39, 0.29) is 13.2 Å². The maximum absolute atomic E-state index is 12.5. The molecule has 0 unspecified atom stereocenters. The average Bonchev–Trinajstić information content (AvgIpc) is 2.85. The highest BCUT2D eigenvalue weighted by atomic mass is 32.2. The number of hydrogen-bond acceptors (Lipinski definition) is 7. The summed E-state index contributed by atoms with van der Waals surface area (Å²) in [5.74, 6) is -0.623. The third-order valence-corrected chi connectivity index (χ3v) is 4.02. The van der Waals surface area contributed by atoms with E-state index < -0.39 is 34.1 Å². The van der Waals surface area contributed by atoms with Crippen LogP contribution in [0.25, 0.3) is 0 Å². The molecule has 24 heavy (non-hydrogen) atoms. The summed E-state index contributed by atoms with van der Waals surface area (Å²) >= 11 is 0. The largest absolute Gasteiger partial charge is 0.426 e. The molecule has 0 saturated carbocycles. The summed E-state index contributed by atoms with van der Waals surface area (Å²) in [7, 11) is -3.66. The van der Waals surface area contributed by atoms with E-state index >= 15 is 0 Å². The van der Waals surface area contributed by atoms with Crippen molar-refractivity contribution in [1.29, 1.82) is 0 Å². The zero-order valence-corrected chi connectivity index (χ0v) is 14.4. The molecule has 0 radical (unpaired) electrons. The van der Waals surface area contributed by atoms with Crippen LogP contribution in [0, 0.1) is 6.92 Å². The maximum Gasteiger partial charge on any atom is 0.308 e. The van der Waals surface area contributed by atoms with E-state index in [9.17, 15) is 18.0 Å². The molecule has 9 heteroatoms. The molecule has 1 N–H and O–H groups in total. The van der Waals surface area contributed by atoms with Crippen molar-refractivity contribution in [1.82, 2.24) is 5.32 Å². The summed E-state index contributed by atoms with van der Waals surface area (Å²) in [5.41, 5.74) is 0.823. The van der Waals surface area contributed by atoms with Crippen LogP contribution < -0.4 is 10.1 Å². The van der Waals surface area contributed by atoms with Crippen molar-refractivity contribution in [2.24, 2.45) is 0 Å². The monoisotopic (exact) mass is 357 g/mol. The quantitative estimate of drug-likeness (QED) is 0.461. The van der Waals surface area contributed by atoms with Crippen molar-refractivity contribution < 1.29 is 31.7 Å². The third kappa shape index (κ3) is 4.76. The van der Waals surface area contributed by atoms with Crippen molar-refractivity contribution in [2.75, 3.05) is 19.5 Å². The number of esters is 1. The van der Waals surface area contributed by atoms with Gasteiger partial charge in [-0.3, -0.25) is 13.8 Å². The van der Waals surface area contributed by atoms with Gasteiger partial charge in [0.1, 0.15) is 11.9 Å². The van der Waals surface area contributed by atoms with Gasteiger partial charge in [-0.15, -0.1) is 0 Å². The number of hydrogen-bond donors (Lipinski definition) is 1. The zero-order valence-electron chi connectivity index (χ0n) is 13.6. The van der Waals surface area contributed by atoms with Crippen LogP contribution in [0.4, 0.5) is 0 Å². The number of nitrogens with one attached hydrogen (secondary N) is 1. The number of amides is 1. The molecule has 2 atom stereocenters. The Labute approximate surface area is 140 Å². The Morgan fingerprint density at radius 2 is 2.00 bits per heavy atom. The summed E-state index contributed by atoms with van der Waals surface area (Å²) in [4.78, 5) is 23.5. The maximum atomic E-state index is 12.5. The smallest absolute Gasteiger partial charge is 0.308 e. The number of rotatable bonds is 5. The van der Waals surface area contributed by atoms with Crippen molar-refractivity contribution in [3.63, 3.8) is 0 Å².